The first-order valence-electron chi connectivity index (χ1n) is 12.9. The molecule has 2 fully saturated rings. The van der Waals surface area contributed by atoms with Gasteiger partial charge in [0, 0.05) is 44.4 Å². The van der Waals surface area contributed by atoms with Gasteiger partial charge in [0.05, 0.1) is 16.8 Å². The number of hydrogen-bond donors (Lipinski definition) is 1. The topological polar surface area (TPSA) is 89.5 Å². The van der Waals surface area contributed by atoms with Gasteiger partial charge in [0.2, 0.25) is 5.91 Å². The second kappa shape index (κ2) is 9.37. The Morgan fingerprint density at radius 2 is 1.95 bits per heavy atom. The number of alkyl halides is 3. The second-order valence-electron chi connectivity index (χ2n) is 10.6. The molecule has 0 spiro atoms. The van der Waals surface area contributed by atoms with Gasteiger partial charge in [-0.3, -0.25) is 19.2 Å². The maximum atomic E-state index is 14.2. The van der Waals surface area contributed by atoms with Crippen LogP contribution in [0.25, 0.3) is 11.2 Å². The summed E-state index contributed by atoms with van der Waals surface area (Å²) in [6.07, 6.45) is 3.12. The molecule has 1 saturated heterocycles. The average Bonchev–Trinajstić information content (AvgIpc) is 3.52. The lowest BCUT2D eigenvalue weighted by Crippen LogP contribution is -2.36. The molecule has 204 valence electrons. The number of nitrogens with one attached hydrogen (secondary N) is 1. The van der Waals surface area contributed by atoms with E-state index in [2.05, 4.69) is 15.6 Å². The Morgan fingerprint density at radius 3 is 2.56 bits per heavy atom. The Hall–Kier alpha value is -3.93. The van der Waals surface area contributed by atoms with Gasteiger partial charge in [-0.25, -0.2) is 9.80 Å². The van der Waals surface area contributed by atoms with Gasteiger partial charge in [0.1, 0.15) is 12.2 Å². The maximum absolute atomic E-state index is 14.2. The standard InChI is InChI=1S/C27H28F3N7O2/c1-16-9-23(38)33-37(16)13-17-10-21(27(28,29)30)22-14-35(26(39)36(22)12-17)20-8-4-7-19(11-20)24(18-5-3-6-18)25-32-31-15-34(25)2/h4,7-8,10-12,14-16,18,24H,3,5-6,9,13H2,1-2H3,(H,33,38)/t16?,24-/m1/s1. The molecule has 6 rings (SSSR count). The van der Waals surface area contributed by atoms with Gasteiger partial charge in [0.25, 0.3) is 0 Å². The zero-order chi connectivity index (χ0) is 27.5. The van der Waals surface area contributed by atoms with Crippen molar-refractivity contribution in [3.63, 3.8) is 0 Å². The number of carbonyl (C=O) groups is 1. The van der Waals surface area contributed by atoms with Crippen LogP contribution in [0.3, 0.4) is 0 Å². The Kier molecular flexibility index (Phi) is 6.09. The minimum Gasteiger partial charge on any atom is -0.320 e. The number of carbonyl (C=O) groups excluding carboxylic acids is 1. The van der Waals surface area contributed by atoms with Crippen molar-refractivity contribution in [1.82, 2.24) is 34.2 Å². The molecule has 1 unspecified atom stereocenters. The van der Waals surface area contributed by atoms with E-state index in [0.717, 1.165) is 41.1 Å². The predicted molar refractivity (Wildman–Crippen MR) is 136 cm³/mol. The Bertz CT molecular complexity index is 1620. The zero-order valence-corrected chi connectivity index (χ0v) is 21.5. The van der Waals surface area contributed by atoms with Gasteiger partial charge in [-0.15, -0.1) is 10.2 Å². The molecule has 1 aliphatic heterocycles. The highest BCUT2D eigenvalue weighted by Gasteiger charge is 2.36. The average molecular weight is 540 g/mol. The van der Waals surface area contributed by atoms with Crippen molar-refractivity contribution in [3.05, 3.63) is 82.1 Å². The number of imidazole rings is 1. The summed E-state index contributed by atoms with van der Waals surface area (Å²) < 4.78 is 46.7. The van der Waals surface area contributed by atoms with E-state index in [1.807, 2.05) is 36.7 Å². The fraction of sp³-hybridized carbons (Fsp3) is 0.407. The van der Waals surface area contributed by atoms with E-state index in [-0.39, 0.29) is 41.9 Å². The van der Waals surface area contributed by atoms with Gasteiger partial charge < -0.3 is 4.57 Å². The lowest BCUT2D eigenvalue weighted by atomic mass is 9.72. The van der Waals surface area contributed by atoms with E-state index in [0.29, 0.717) is 11.6 Å². The summed E-state index contributed by atoms with van der Waals surface area (Å²) in [4.78, 5) is 25.3. The van der Waals surface area contributed by atoms with Crippen molar-refractivity contribution >= 4 is 11.4 Å². The molecule has 39 heavy (non-hydrogen) atoms. The normalized spacial score (nSPS) is 19.4. The predicted octanol–water partition coefficient (Wildman–Crippen LogP) is 3.79. The molecule has 3 aromatic heterocycles. The molecular weight excluding hydrogens is 511 g/mol. The molecule has 1 aromatic carbocycles. The fourth-order valence-electron chi connectivity index (χ4n) is 5.68. The molecular formula is C27H28F3N7O2. The molecule has 4 aromatic rings. The number of fused-ring (bicyclic) bond motifs is 1. The van der Waals surface area contributed by atoms with Gasteiger partial charge in [-0.2, -0.15) is 13.2 Å². The molecule has 12 heteroatoms. The van der Waals surface area contributed by atoms with Crippen LogP contribution in [0.5, 0.6) is 0 Å². The summed E-state index contributed by atoms with van der Waals surface area (Å²) in [7, 11) is 1.89. The molecule has 1 saturated carbocycles. The summed E-state index contributed by atoms with van der Waals surface area (Å²) in [6.45, 7) is 1.86. The molecule has 2 atom stereocenters. The summed E-state index contributed by atoms with van der Waals surface area (Å²) in [5.41, 5.74) is 2.60. The van der Waals surface area contributed by atoms with Crippen molar-refractivity contribution in [2.45, 2.75) is 57.3 Å². The van der Waals surface area contributed by atoms with E-state index in [1.165, 1.54) is 17.0 Å². The van der Waals surface area contributed by atoms with Crippen LogP contribution >= 0.6 is 0 Å². The van der Waals surface area contributed by atoms with Gasteiger partial charge in [-0.05, 0) is 55.0 Å². The van der Waals surface area contributed by atoms with Crippen LogP contribution in [0.15, 0.2) is 53.8 Å². The van der Waals surface area contributed by atoms with Gasteiger partial charge in [-0.1, -0.05) is 18.6 Å². The first-order valence-corrected chi connectivity index (χ1v) is 12.9. The Balaban J connectivity index is 1.44. The van der Waals surface area contributed by atoms with E-state index < -0.39 is 17.4 Å². The minimum absolute atomic E-state index is 0.0334. The van der Waals surface area contributed by atoms with Crippen molar-refractivity contribution < 1.29 is 18.0 Å². The minimum atomic E-state index is -4.68. The molecule has 0 bridgehead atoms. The molecule has 0 radical (unpaired) electrons. The number of hydrazine groups is 1. The number of rotatable bonds is 6. The highest BCUT2D eigenvalue weighted by molar-refractivity contribution is 5.77. The fourth-order valence-corrected chi connectivity index (χ4v) is 5.68. The molecule has 9 nitrogen and oxygen atoms in total. The Morgan fingerprint density at radius 1 is 1.15 bits per heavy atom. The first-order chi connectivity index (χ1) is 18.6. The highest BCUT2D eigenvalue weighted by Crippen LogP contribution is 2.43. The smallest absolute Gasteiger partial charge is 0.320 e. The lowest BCUT2D eigenvalue weighted by Gasteiger charge is -2.33. The van der Waals surface area contributed by atoms with Crippen LogP contribution in [0.1, 0.15) is 61.0 Å². The van der Waals surface area contributed by atoms with E-state index in [9.17, 15) is 22.8 Å². The van der Waals surface area contributed by atoms with Gasteiger partial charge in [0.15, 0.2) is 0 Å². The van der Waals surface area contributed by atoms with Crippen LogP contribution in [-0.4, -0.2) is 40.7 Å². The van der Waals surface area contributed by atoms with Crippen molar-refractivity contribution in [1.29, 1.82) is 0 Å². The van der Waals surface area contributed by atoms with Crippen LogP contribution in [0, 0.1) is 5.92 Å². The largest absolute Gasteiger partial charge is 0.418 e. The Labute approximate surface area is 221 Å². The zero-order valence-electron chi connectivity index (χ0n) is 21.5. The number of halogens is 3. The summed E-state index contributed by atoms with van der Waals surface area (Å²) >= 11 is 0. The summed E-state index contributed by atoms with van der Waals surface area (Å²) in [5, 5.41) is 9.96. The number of hydrogen-bond acceptors (Lipinski definition) is 5. The summed E-state index contributed by atoms with van der Waals surface area (Å²) in [5.74, 6) is 0.970. The van der Waals surface area contributed by atoms with E-state index >= 15 is 0 Å². The van der Waals surface area contributed by atoms with E-state index in [4.69, 9.17) is 0 Å². The number of amides is 1. The monoisotopic (exact) mass is 539 g/mol. The van der Waals surface area contributed by atoms with Crippen LogP contribution in [0.2, 0.25) is 0 Å². The highest BCUT2D eigenvalue weighted by atomic mass is 19.4. The third kappa shape index (κ3) is 4.52. The molecule has 1 amide bonds. The van der Waals surface area contributed by atoms with Crippen molar-refractivity contribution in [2.24, 2.45) is 13.0 Å². The van der Waals surface area contributed by atoms with E-state index in [1.54, 1.807) is 17.4 Å². The third-order valence-electron chi connectivity index (χ3n) is 7.92. The van der Waals surface area contributed by atoms with Crippen LogP contribution in [0.4, 0.5) is 13.2 Å². The number of pyridine rings is 1. The van der Waals surface area contributed by atoms with Crippen molar-refractivity contribution in [3.8, 4) is 5.69 Å². The molecule has 1 N–H and O–H groups in total. The lowest BCUT2D eigenvalue weighted by molar-refractivity contribution is -0.136. The molecule has 4 heterocycles. The number of nitrogens with zero attached hydrogens (tertiary/aromatic N) is 6. The molecule has 1 aliphatic carbocycles. The third-order valence-corrected chi connectivity index (χ3v) is 7.92. The van der Waals surface area contributed by atoms with Crippen LogP contribution < -0.4 is 11.1 Å². The quantitative estimate of drug-likeness (QED) is 0.403. The summed E-state index contributed by atoms with van der Waals surface area (Å²) in [6, 6.07) is 8.22. The number of aromatic nitrogens is 5. The van der Waals surface area contributed by atoms with Crippen molar-refractivity contribution in [2.75, 3.05) is 0 Å². The van der Waals surface area contributed by atoms with Crippen LogP contribution in [-0.2, 0) is 24.6 Å². The SMILES string of the molecule is CC1CC(=O)NN1Cc1cc(C(F)(F)F)c2cn(-c3cccc([C@H](c4nncn4C)C4CCC4)c3)c(=O)n2c1. The first kappa shape index (κ1) is 25.4. The van der Waals surface area contributed by atoms with Gasteiger partial charge >= 0.3 is 11.9 Å². The molecule has 2 aliphatic rings. The number of benzene rings is 1. The second-order valence-corrected chi connectivity index (χ2v) is 10.6. The maximum Gasteiger partial charge on any atom is 0.418 e. The number of aryl methyl sites for hydroxylation is 1.